The Kier molecular flexibility index (Phi) is 8.16. The van der Waals surface area contributed by atoms with E-state index < -0.39 is 23.2 Å². The fourth-order valence-electron chi connectivity index (χ4n) is 2.55. The first-order valence-electron chi connectivity index (χ1n) is 8.97. The summed E-state index contributed by atoms with van der Waals surface area (Å²) in [5, 5.41) is -0.243. The van der Waals surface area contributed by atoms with Crippen LogP contribution in [0.15, 0.2) is 29.7 Å². The molecule has 1 aromatic carbocycles. The number of nitrogens with zero attached hydrogens (tertiary/aromatic N) is 1. The lowest BCUT2D eigenvalue weighted by molar-refractivity contribution is -0.150. The molecule has 1 fully saturated rings. The van der Waals surface area contributed by atoms with Crippen LogP contribution in [0, 0.1) is 0 Å². The molecule has 9 heteroatoms. The number of thioether (sulfide) groups is 1. The van der Waals surface area contributed by atoms with Gasteiger partial charge in [0.1, 0.15) is 12.6 Å². The van der Waals surface area contributed by atoms with Gasteiger partial charge in [0.15, 0.2) is 11.5 Å². The molecule has 1 aromatic rings. The van der Waals surface area contributed by atoms with Crippen LogP contribution in [0.2, 0.25) is 5.02 Å². The van der Waals surface area contributed by atoms with Crippen molar-refractivity contribution < 1.29 is 28.6 Å². The van der Waals surface area contributed by atoms with E-state index >= 15 is 0 Å². The molecule has 1 aliphatic rings. The fraction of sp³-hybridized carbons (Fsp3) is 0.350. The van der Waals surface area contributed by atoms with Crippen molar-refractivity contribution in [3.05, 3.63) is 40.3 Å². The topological polar surface area (TPSA) is 82.1 Å². The predicted octanol–water partition coefficient (Wildman–Crippen LogP) is 4.29. The number of rotatable bonds is 9. The number of imide groups is 1. The molecule has 1 heterocycles. The number of esters is 1. The third kappa shape index (κ3) is 5.33. The first-order chi connectivity index (χ1) is 13.8. The quantitative estimate of drug-likeness (QED) is 0.322. The zero-order chi connectivity index (χ0) is 21.6. The Morgan fingerprint density at radius 1 is 1.28 bits per heavy atom. The van der Waals surface area contributed by atoms with Gasteiger partial charge in [-0.15, -0.1) is 0 Å². The Morgan fingerprint density at radius 3 is 2.62 bits per heavy atom. The van der Waals surface area contributed by atoms with Crippen LogP contribution in [0.3, 0.4) is 0 Å². The molecule has 156 valence electrons. The lowest BCUT2D eigenvalue weighted by Crippen LogP contribution is -2.42. The van der Waals surface area contributed by atoms with E-state index in [1.165, 1.54) is 13.0 Å². The van der Waals surface area contributed by atoms with Gasteiger partial charge in [-0.25, -0.2) is 4.79 Å². The van der Waals surface area contributed by atoms with E-state index in [1.54, 1.807) is 25.1 Å². The van der Waals surface area contributed by atoms with Gasteiger partial charge in [-0.3, -0.25) is 14.5 Å². The Bertz CT molecular complexity index is 854. The SMILES string of the molecule is C=CCOc1c(Cl)cc(/C=C2/SC(=O)N([C@@H](C)C(=O)OCC)C2=O)cc1OCC. The zero-order valence-electron chi connectivity index (χ0n) is 16.4. The second-order valence-corrected chi connectivity index (χ2v) is 7.24. The summed E-state index contributed by atoms with van der Waals surface area (Å²) in [5.41, 5.74) is 0.554. The molecule has 0 aromatic heterocycles. The zero-order valence-corrected chi connectivity index (χ0v) is 18.0. The van der Waals surface area contributed by atoms with Crippen molar-refractivity contribution in [3.63, 3.8) is 0 Å². The van der Waals surface area contributed by atoms with E-state index in [1.807, 2.05) is 6.92 Å². The van der Waals surface area contributed by atoms with Crippen molar-refractivity contribution in [3.8, 4) is 11.5 Å². The van der Waals surface area contributed by atoms with Crippen LogP contribution in [-0.4, -0.2) is 47.9 Å². The van der Waals surface area contributed by atoms with Crippen LogP contribution in [0.1, 0.15) is 26.3 Å². The highest BCUT2D eigenvalue weighted by Gasteiger charge is 2.41. The number of carbonyl (C=O) groups excluding carboxylic acids is 3. The molecule has 2 rings (SSSR count). The lowest BCUT2D eigenvalue weighted by atomic mass is 10.1. The molecule has 1 atom stereocenters. The summed E-state index contributed by atoms with van der Waals surface area (Å²) in [4.78, 5) is 37.9. The van der Waals surface area contributed by atoms with E-state index in [0.29, 0.717) is 28.7 Å². The summed E-state index contributed by atoms with van der Waals surface area (Å²) in [6, 6.07) is 2.26. The van der Waals surface area contributed by atoms with Gasteiger partial charge >= 0.3 is 5.97 Å². The summed E-state index contributed by atoms with van der Waals surface area (Å²) in [6.45, 7) is 9.33. The van der Waals surface area contributed by atoms with Gasteiger partial charge in [0.05, 0.1) is 23.1 Å². The summed E-state index contributed by atoms with van der Waals surface area (Å²) in [7, 11) is 0. The molecule has 0 saturated carbocycles. The number of carbonyl (C=O) groups is 3. The average Bonchev–Trinajstić information content (AvgIpc) is 2.94. The predicted molar refractivity (Wildman–Crippen MR) is 112 cm³/mol. The fourth-order valence-corrected chi connectivity index (χ4v) is 3.73. The maximum absolute atomic E-state index is 12.7. The molecule has 2 amide bonds. The van der Waals surface area contributed by atoms with Gasteiger partial charge < -0.3 is 14.2 Å². The van der Waals surface area contributed by atoms with Gasteiger partial charge in [0.25, 0.3) is 11.1 Å². The summed E-state index contributed by atoms with van der Waals surface area (Å²) in [5.74, 6) is -0.426. The van der Waals surface area contributed by atoms with Crippen LogP contribution in [0.5, 0.6) is 11.5 Å². The Balaban J connectivity index is 2.34. The highest BCUT2D eigenvalue weighted by Crippen LogP contribution is 2.39. The summed E-state index contributed by atoms with van der Waals surface area (Å²) in [6.07, 6.45) is 3.11. The molecule has 0 unspecified atom stereocenters. The first kappa shape index (κ1) is 22.8. The third-order valence-corrected chi connectivity index (χ3v) is 4.98. The van der Waals surface area contributed by atoms with Gasteiger partial charge in [0.2, 0.25) is 0 Å². The van der Waals surface area contributed by atoms with Crippen LogP contribution in [0.25, 0.3) is 6.08 Å². The molecule has 0 bridgehead atoms. The van der Waals surface area contributed by atoms with Gasteiger partial charge in [-0.05, 0) is 56.3 Å². The van der Waals surface area contributed by atoms with E-state index in [-0.39, 0.29) is 18.1 Å². The molecular formula is C20H22ClNO6S. The minimum atomic E-state index is -1.01. The molecule has 1 aliphatic heterocycles. The number of ether oxygens (including phenoxy) is 3. The molecule has 1 saturated heterocycles. The van der Waals surface area contributed by atoms with E-state index in [2.05, 4.69) is 6.58 Å². The van der Waals surface area contributed by atoms with Crippen LogP contribution >= 0.6 is 23.4 Å². The Hall–Kier alpha value is -2.45. The molecule has 0 radical (unpaired) electrons. The Morgan fingerprint density at radius 2 is 2.00 bits per heavy atom. The number of amides is 2. The number of hydrogen-bond donors (Lipinski definition) is 0. The number of hydrogen-bond acceptors (Lipinski definition) is 7. The van der Waals surface area contributed by atoms with Crippen molar-refractivity contribution in [1.82, 2.24) is 4.90 Å². The van der Waals surface area contributed by atoms with Crippen molar-refractivity contribution in [2.75, 3.05) is 19.8 Å². The van der Waals surface area contributed by atoms with Gasteiger partial charge in [-0.2, -0.15) is 0 Å². The minimum Gasteiger partial charge on any atom is -0.490 e. The average molecular weight is 440 g/mol. The highest BCUT2D eigenvalue weighted by atomic mass is 35.5. The van der Waals surface area contributed by atoms with Crippen molar-refractivity contribution in [2.24, 2.45) is 0 Å². The standard InChI is InChI=1S/C20H22ClNO6S/c1-5-8-28-17-14(21)9-13(10-15(17)26-6-2)11-16-18(23)22(20(25)29-16)12(4)19(24)27-7-3/h5,9-12H,1,6-8H2,2-4H3/b16-11+/t12-/m0/s1. The molecule has 0 spiro atoms. The van der Waals surface area contributed by atoms with Crippen molar-refractivity contribution in [1.29, 1.82) is 0 Å². The minimum absolute atomic E-state index is 0.161. The monoisotopic (exact) mass is 439 g/mol. The maximum Gasteiger partial charge on any atom is 0.329 e. The molecule has 0 N–H and O–H groups in total. The summed E-state index contributed by atoms with van der Waals surface area (Å²) < 4.78 is 16.0. The highest BCUT2D eigenvalue weighted by molar-refractivity contribution is 8.18. The van der Waals surface area contributed by atoms with Gasteiger partial charge in [0, 0.05) is 0 Å². The molecule has 0 aliphatic carbocycles. The van der Waals surface area contributed by atoms with Crippen LogP contribution in [0.4, 0.5) is 4.79 Å². The molecule has 29 heavy (non-hydrogen) atoms. The molecule has 7 nitrogen and oxygen atoms in total. The number of benzene rings is 1. The normalized spacial score (nSPS) is 16.1. The maximum atomic E-state index is 12.7. The van der Waals surface area contributed by atoms with Crippen molar-refractivity contribution >= 4 is 46.6 Å². The Labute approximate surface area is 178 Å². The van der Waals surface area contributed by atoms with E-state index in [4.69, 9.17) is 25.8 Å². The third-order valence-electron chi connectivity index (χ3n) is 3.81. The van der Waals surface area contributed by atoms with E-state index in [0.717, 1.165) is 16.7 Å². The van der Waals surface area contributed by atoms with E-state index in [9.17, 15) is 14.4 Å². The first-order valence-corrected chi connectivity index (χ1v) is 10.2. The van der Waals surface area contributed by atoms with Crippen LogP contribution < -0.4 is 9.47 Å². The van der Waals surface area contributed by atoms with Crippen molar-refractivity contribution in [2.45, 2.75) is 26.8 Å². The largest absolute Gasteiger partial charge is 0.490 e. The second-order valence-electron chi connectivity index (χ2n) is 5.84. The van der Waals surface area contributed by atoms with Crippen LogP contribution in [-0.2, 0) is 14.3 Å². The summed E-state index contributed by atoms with van der Waals surface area (Å²) >= 11 is 7.06. The second kappa shape index (κ2) is 10.4. The smallest absolute Gasteiger partial charge is 0.329 e. The molecular weight excluding hydrogens is 418 g/mol. The lowest BCUT2D eigenvalue weighted by Gasteiger charge is -2.19. The number of halogens is 1. The van der Waals surface area contributed by atoms with Gasteiger partial charge in [-0.1, -0.05) is 24.3 Å².